The summed E-state index contributed by atoms with van der Waals surface area (Å²) in [6.07, 6.45) is 10.3. The highest BCUT2D eigenvalue weighted by Crippen LogP contribution is 2.28. The van der Waals surface area contributed by atoms with Crippen LogP contribution in [0.25, 0.3) is 0 Å². The third kappa shape index (κ3) is 5.07. The van der Waals surface area contributed by atoms with Gasteiger partial charge in [0.1, 0.15) is 6.10 Å². The van der Waals surface area contributed by atoms with Crippen molar-refractivity contribution in [3.05, 3.63) is 0 Å². The van der Waals surface area contributed by atoms with E-state index in [9.17, 15) is 4.79 Å². The molecule has 0 aromatic carbocycles. The molecule has 0 aromatic rings. The van der Waals surface area contributed by atoms with Crippen LogP contribution in [0.2, 0.25) is 0 Å². The van der Waals surface area contributed by atoms with E-state index in [1.807, 2.05) is 0 Å². The number of halogens is 1. The number of fused-ring (bicyclic) bond motifs is 2. The van der Waals surface area contributed by atoms with E-state index >= 15 is 0 Å². The Morgan fingerprint density at radius 2 is 1.87 bits per heavy atom. The number of amides is 1. The summed E-state index contributed by atoms with van der Waals surface area (Å²) in [5.74, 6) is 0.853. The van der Waals surface area contributed by atoms with Crippen LogP contribution in [0.3, 0.4) is 0 Å². The van der Waals surface area contributed by atoms with Gasteiger partial charge in [-0.2, -0.15) is 0 Å². The van der Waals surface area contributed by atoms with Gasteiger partial charge in [-0.3, -0.25) is 4.79 Å². The van der Waals surface area contributed by atoms with Crippen molar-refractivity contribution < 1.29 is 9.53 Å². The van der Waals surface area contributed by atoms with Crippen molar-refractivity contribution in [2.24, 2.45) is 5.92 Å². The van der Waals surface area contributed by atoms with Crippen LogP contribution in [0.5, 0.6) is 0 Å². The lowest BCUT2D eigenvalue weighted by atomic mass is 9.88. The second kappa shape index (κ2) is 8.68. The second-order valence-electron chi connectivity index (χ2n) is 7.74. The second-order valence-corrected chi connectivity index (χ2v) is 7.74. The first-order chi connectivity index (χ1) is 10.6. The van der Waals surface area contributed by atoms with Gasteiger partial charge >= 0.3 is 0 Å². The minimum Gasteiger partial charge on any atom is -0.365 e. The van der Waals surface area contributed by atoms with Gasteiger partial charge in [-0.25, -0.2) is 0 Å². The highest BCUT2D eigenvalue weighted by atomic mass is 35.5. The van der Waals surface area contributed by atoms with Crippen molar-refractivity contribution in [1.29, 1.82) is 0 Å². The summed E-state index contributed by atoms with van der Waals surface area (Å²) < 4.78 is 6.16. The molecule has 2 heterocycles. The predicted octanol–water partition coefficient (Wildman–Crippen LogP) is 3.18. The number of hydrogen-bond donors (Lipinski definition) is 2. The van der Waals surface area contributed by atoms with Crippen molar-refractivity contribution in [1.82, 2.24) is 10.6 Å². The van der Waals surface area contributed by atoms with Gasteiger partial charge in [0, 0.05) is 18.1 Å². The monoisotopic (exact) mass is 344 g/mol. The Morgan fingerprint density at radius 3 is 2.48 bits per heavy atom. The molecule has 5 unspecified atom stereocenters. The van der Waals surface area contributed by atoms with Crippen molar-refractivity contribution in [3.8, 4) is 0 Å². The van der Waals surface area contributed by atoms with Gasteiger partial charge in [0.05, 0.1) is 6.10 Å². The molecule has 2 N–H and O–H groups in total. The van der Waals surface area contributed by atoms with Crippen LogP contribution in [0.1, 0.15) is 71.6 Å². The van der Waals surface area contributed by atoms with Gasteiger partial charge < -0.3 is 15.4 Å². The Labute approximate surface area is 146 Å². The van der Waals surface area contributed by atoms with E-state index in [4.69, 9.17) is 4.74 Å². The standard InChI is InChI=1S/C18H32N2O2.ClH/c1-3-17(22-16-6-4-5-12(2)9-16)18(21)20-15-10-13-7-8-14(11-15)19-13;/h12-17,19H,3-11H2,1-2H3,(H,20,21);1H. The summed E-state index contributed by atoms with van der Waals surface area (Å²) in [5.41, 5.74) is 0. The molecule has 2 aliphatic heterocycles. The third-order valence-corrected chi connectivity index (χ3v) is 5.73. The van der Waals surface area contributed by atoms with Crippen LogP contribution >= 0.6 is 12.4 Å². The molecular formula is C18H33ClN2O2. The van der Waals surface area contributed by atoms with Gasteiger partial charge in [-0.05, 0) is 50.9 Å². The zero-order valence-corrected chi connectivity index (χ0v) is 15.4. The summed E-state index contributed by atoms with van der Waals surface area (Å²) in [4.78, 5) is 12.6. The van der Waals surface area contributed by atoms with E-state index in [-0.39, 0.29) is 30.5 Å². The molecule has 1 amide bonds. The number of carbonyl (C=O) groups excluding carboxylic acids is 1. The Hall–Kier alpha value is -0.320. The van der Waals surface area contributed by atoms with Crippen LogP contribution in [-0.4, -0.2) is 36.2 Å². The zero-order valence-electron chi connectivity index (χ0n) is 14.6. The van der Waals surface area contributed by atoms with Crippen molar-refractivity contribution in [2.45, 2.75) is 102 Å². The van der Waals surface area contributed by atoms with Gasteiger partial charge in [0.25, 0.3) is 0 Å². The summed E-state index contributed by atoms with van der Waals surface area (Å²) in [6.45, 7) is 4.35. The lowest BCUT2D eigenvalue weighted by Crippen LogP contribution is -2.51. The maximum absolute atomic E-state index is 12.6. The Kier molecular flexibility index (Phi) is 7.18. The molecule has 0 radical (unpaired) electrons. The normalized spacial score (nSPS) is 37.7. The summed E-state index contributed by atoms with van der Waals surface area (Å²) >= 11 is 0. The maximum atomic E-state index is 12.6. The molecule has 5 heteroatoms. The Balaban J connectivity index is 0.00000192. The first kappa shape index (κ1) is 19.0. The van der Waals surface area contributed by atoms with Gasteiger partial charge in [0.2, 0.25) is 5.91 Å². The van der Waals surface area contributed by atoms with Crippen LogP contribution < -0.4 is 10.6 Å². The minimum atomic E-state index is -0.261. The third-order valence-electron chi connectivity index (χ3n) is 5.73. The number of carbonyl (C=O) groups is 1. The molecule has 3 aliphatic rings. The van der Waals surface area contributed by atoms with E-state index < -0.39 is 0 Å². The molecule has 3 rings (SSSR count). The summed E-state index contributed by atoms with van der Waals surface area (Å²) in [7, 11) is 0. The SMILES string of the molecule is CCC(OC1CCCC(C)C1)C(=O)NC1CC2CCC(C1)N2.Cl. The highest BCUT2D eigenvalue weighted by Gasteiger charge is 2.35. The summed E-state index contributed by atoms with van der Waals surface area (Å²) in [6, 6.07) is 1.57. The Bertz CT molecular complexity index is 381. The Morgan fingerprint density at radius 1 is 1.17 bits per heavy atom. The first-order valence-corrected chi connectivity index (χ1v) is 9.36. The summed E-state index contributed by atoms with van der Waals surface area (Å²) in [5, 5.41) is 6.89. The number of nitrogens with one attached hydrogen (secondary N) is 2. The predicted molar refractivity (Wildman–Crippen MR) is 94.9 cm³/mol. The molecular weight excluding hydrogens is 312 g/mol. The average Bonchev–Trinajstić information content (AvgIpc) is 2.83. The largest absolute Gasteiger partial charge is 0.365 e. The zero-order chi connectivity index (χ0) is 15.5. The smallest absolute Gasteiger partial charge is 0.249 e. The fraction of sp³-hybridized carbons (Fsp3) is 0.944. The van der Waals surface area contributed by atoms with Crippen molar-refractivity contribution in [3.63, 3.8) is 0 Å². The molecule has 0 spiro atoms. The van der Waals surface area contributed by atoms with E-state index in [1.54, 1.807) is 0 Å². The fourth-order valence-corrected chi connectivity index (χ4v) is 4.55. The van der Waals surface area contributed by atoms with Crippen molar-refractivity contribution in [2.75, 3.05) is 0 Å². The van der Waals surface area contributed by atoms with Crippen LogP contribution in [0.4, 0.5) is 0 Å². The molecule has 4 nitrogen and oxygen atoms in total. The molecule has 2 bridgehead atoms. The van der Waals surface area contributed by atoms with Crippen LogP contribution in [-0.2, 0) is 9.53 Å². The lowest BCUT2D eigenvalue weighted by molar-refractivity contribution is -0.140. The molecule has 134 valence electrons. The van der Waals surface area contributed by atoms with Crippen molar-refractivity contribution >= 4 is 18.3 Å². The molecule has 1 aliphatic carbocycles. The number of rotatable bonds is 5. The topological polar surface area (TPSA) is 50.4 Å². The number of hydrogen-bond acceptors (Lipinski definition) is 3. The molecule has 5 atom stereocenters. The quantitative estimate of drug-likeness (QED) is 0.805. The molecule has 2 saturated heterocycles. The lowest BCUT2D eigenvalue weighted by Gasteiger charge is -2.33. The van der Waals surface area contributed by atoms with Gasteiger partial charge in [-0.1, -0.05) is 26.7 Å². The van der Waals surface area contributed by atoms with E-state index in [1.165, 1.54) is 25.7 Å². The first-order valence-electron chi connectivity index (χ1n) is 9.36. The average molecular weight is 345 g/mol. The van der Waals surface area contributed by atoms with E-state index in [0.717, 1.165) is 38.0 Å². The fourth-order valence-electron chi connectivity index (χ4n) is 4.55. The van der Waals surface area contributed by atoms with Crippen LogP contribution in [0.15, 0.2) is 0 Å². The van der Waals surface area contributed by atoms with E-state index in [0.29, 0.717) is 18.1 Å². The molecule has 0 aromatic heterocycles. The maximum Gasteiger partial charge on any atom is 0.249 e. The van der Waals surface area contributed by atoms with Gasteiger partial charge in [-0.15, -0.1) is 12.4 Å². The minimum absolute atomic E-state index is 0. The van der Waals surface area contributed by atoms with Gasteiger partial charge in [0.15, 0.2) is 0 Å². The number of piperidine rings is 1. The van der Waals surface area contributed by atoms with E-state index in [2.05, 4.69) is 24.5 Å². The molecule has 23 heavy (non-hydrogen) atoms. The highest BCUT2D eigenvalue weighted by molar-refractivity contribution is 5.85. The molecule has 1 saturated carbocycles. The van der Waals surface area contributed by atoms with Crippen LogP contribution in [0, 0.1) is 5.92 Å². The molecule has 3 fully saturated rings. The number of ether oxygens (including phenoxy) is 1.